The van der Waals surface area contributed by atoms with Gasteiger partial charge in [-0.05, 0) is 56.6 Å². The highest BCUT2D eigenvalue weighted by molar-refractivity contribution is 6.74. The van der Waals surface area contributed by atoms with E-state index in [2.05, 4.69) is 26.1 Å². The molecule has 0 spiro atoms. The third-order valence-corrected chi connectivity index (χ3v) is 9.35. The van der Waals surface area contributed by atoms with Crippen LogP contribution in [-0.4, -0.2) is 44.2 Å². The number of hydrogen-bond acceptors (Lipinski definition) is 5. The number of rotatable bonds is 7. The Morgan fingerprint density at radius 3 is 2.14 bits per heavy atom. The van der Waals surface area contributed by atoms with Gasteiger partial charge < -0.3 is 24.3 Å². The first kappa shape index (κ1) is 25.0. The summed E-state index contributed by atoms with van der Waals surface area (Å²) < 4.78 is 17.0. The highest BCUT2D eigenvalue weighted by atomic mass is 28.4. The van der Waals surface area contributed by atoms with E-state index in [-0.39, 0.29) is 5.04 Å². The van der Waals surface area contributed by atoms with E-state index in [1.807, 2.05) is 13.1 Å². The van der Waals surface area contributed by atoms with Crippen molar-refractivity contribution < 1.29 is 28.6 Å². The lowest BCUT2D eigenvalue weighted by atomic mass is 10.0. The molecule has 1 aromatic carbocycles. The molecule has 0 radical (unpaired) electrons. The molecule has 0 aromatic heterocycles. The number of carbonyl (C=O) groups excluding carboxylic acids is 1. The normalized spacial score (nSPS) is 14.7. The van der Waals surface area contributed by atoms with Crippen molar-refractivity contribution in [3.05, 3.63) is 29.8 Å². The van der Waals surface area contributed by atoms with Gasteiger partial charge in [0.25, 0.3) is 0 Å². The smallest absolute Gasteiger partial charge is 0.408 e. The Labute approximate surface area is 174 Å². The lowest BCUT2D eigenvalue weighted by Crippen LogP contribution is -2.51. The Kier molecular flexibility index (Phi) is 7.90. The van der Waals surface area contributed by atoms with Crippen LogP contribution in [0.3, 0.4) is 0 Å². The van der Waals surface area contributed by atoms with E-state index in [0.29, 0.717) is 11.3 Å². The first-order valence-electron chi connectivity index (χ1n) is 9.61. The van der Waals surface area contributed by atoms with E-state index >= 15 is 0 Å². The summed E-state index contributed by atoms with van der Waals surface area (Å²) in [6, 6.07) is 5.70. The fraction of sp³-hybridized carbons (Fsp3) is 0.619. The van der Waals surface area contributed by atoms with Crippen LogP contribution >= 0.6 is 0 Å². The molecule has 1 rings (SSSR count). The zero-order valence-electron chi connectivity index (χ0n) is 19.0. The van der Waals surface area contributed by atoms with Crippen molar-refractivity contribution in [1.29, 1.82) is 0 Å². The Balaban J connectivity index is 3.38. The van der Waals surface area contributed by atoms with Crippen molar-refractivity contribution in [3.63, 3.8) is 0 Å². The minimum Gasteiger partial charge on any atom is -0.497 e. The maximum atomic E-state index is 12.3. The van der Waals surface area contributed by atoms with E-state index in [0.717, 1.165) is 0 Å². The van der Waals surface area contributed by atoms with Crippen LogP contribution in [0.5, 0.6) is 5.75 Å². The first-order chi connectivity index (χ1) is 13.1. The number of methoxy groups -OCH3 is 1. The summed E-state index contributed by atoms with van der Waals surface area (Å²) in [5, 5.41) is 12.2. The molecule has 0 saturated heterocycles. The second-order valence-corrected chi connectivity index (χ2v) is 14.3. The molecule has 0 aliphatic heterocycles. The second-order valence-electron chi connectivity index (χ2n) is 9.54. The summed E-state index contributed by atoms with van der Waals surface area (Å²) in [6.07, 6.45) is -1.72. The maximum absolute atomic E-state index is 12.3. The van der Waals surface area contributed by atoms with Crippen LogP contribution in [0.15, 0.2) is 24.3 Å². The summed E-state index contributed by atoms with van der Waals surface area (Å²) >= 11 is 0. The number of hydrogen-bond donors (Lipinski definition) is 2. The molecule has 1 amide bonds. The van der Waals surface area contributed by atoms with Crippen molar-refractivity contribution in [2.75, 3.05) is 7.11 Å². The minimum absolute atomic E-state index is 0.154. The number of carboxylic acids is 1. The third kappa shape index (κ3) is 7.36. The molecule has 2 unspecified atom stereocenters. The van der Waals surface area contributed by atoms with E-state index in [4.69, 9.17) is 13.9 Å². The van der Waals surface area contributed by atoms with Crippen molar-refractivity contribution in [2.24, 2.45) is 0 Å². The van der Waals surface area contributed by atoms with Crippen molar-refractivity contribution in [3.8, 4) is 5.75 Å². The molecular formula is C21H35NO6Si. The summed E-state index contributed by atoms with van der Waals surface area (Å²) in [5.41, 5.74) is -0.142. The fourth-order valence-electron chi connectivity index (χ4n) is 2.34. The zero-order chi connectivity index (χ0) is 22.6. The van der Waals surface area contributed by atoms with Crippen LogP contribution in [0.2, 0.25) is 18.1 Å². The van der Waals surface area contributed by atoms with Crippen molar-refractivity contribution >= 4 is 20.4 Å². The van der Waals surface area contributed by atoms with Crippen LogP contribution in [0.25, 0.3) is 0 Å². The topological polar surface area (TPSA) is 94.1 Å². The van der Waals surface area contributed by atoms with Gasteiger partial charge in [-0.15, -0.1) is 0 Å². The van der Waals surface area contributed by atoms with Crippen molar-refractivity contribution in [1.82, 2.24) is 5.32 Å². The van der Waals surface area contributed by atoms with Gasteiger partial charge in [-0.2, -0.15) is 0 Å². The standard InChI is InChI=1S/C21H35NO6Si/c1-20(2,3)27-19(25)22-16(18(23)24)17(28-29(8,9)21(4,5)6)14-11-10-12-15(13-14)26-7/h10-13,16-17H,1-9H3,(H,22,25)(H,23,24). The van der Waals surface area contributed by atoms with Gasteiger partial charge in [0.05, 0.1) is 7.11 Å². The highest BCUT2D eigenvalue weighted by Gasteiger charge is 2.43. The Bertz CT molecular complexity index is 721. The number of amides is 1. The molecule has 0 aliphatic rings. The fourth-order valence-corrected chi connectivity index (χ4v) is 3.60. The summed E-state index contributed by atoms with van der Waals surface area (Å²) in [7, 11) is -0.843. The van der Waals surface area contributed by atoms with Gasteiger partial charge in [-0.3, -0.25) is 0 Å². The molecule has 0 fully saturated rings. The summed E-state index contributed by atoms with van der Waals surface area (Å²) in [4.78, 5) is 24.5. The lowest BCUT2D eigenvalue weighted by Gasteiger charge is -2.41. The Morgan fingerprint density at radius 1 is 1.10 bits per heavy atom. The lowest BCUT2D eigenvalue weighted by molar-refractivity contribution is -0.142. The molecular weight excluding hydrogens is 390 g/mol. The number of aliphatic carboxylic acids is 1. The van der Waals surface area contributed by atoms with Crippen molar-refractivity contribution in [2.45, 2.75) is 77.4 Å². The number of alkyl carbamates (subject to hydrolysis) is 1. The predicted octanol–water partition coefficient (Wildman–Crippen LogP) is 4.74. The Hall–Kier alpha value is -2.06. The molecule has 0 saturated carbocycles. The largest absolute Gasteiger partial charge is 0.497 e. The number of ether oxygens (including phenoxy) is 2. The number of carboxylic acid groups (broad SMARTS) is 1. The van der Waals surface area contributed by atoms with E-state index in [1.54, 1.807) is 45.0 Å². The number of benzene rings is 1. The molecule has 29 heavy (non-hydrogen) atoms. The molecule has 2 atom stereocenters. The van der Waals surface area contributed by atoms with Crippen LogP contribution in [0.4, 0.5) is 4.79 Å². The van der Waals surface area contributed by atoms with Gasteiger partial charge in [0, 0.05) is 0 Å². The quantitative estimate of drug-likeness (QED) is 0.613. The van der Waals surface area contributed by atoms with Crippen LogP contribution in [0, 0.1) is 0 Å². The SMILES string of the molecule is COc1cccc(C(O[Si](C)(C)C(C)(C)C)C(NC(=O)OC(C)(C)C)C(=O)O)c1. The summed E-state index contributed by atoms with van der Waals surface area (Å²) in [5.74, 6) is -0.630. The molecule has 164 valence electrons. The maximum Gasteiger partial charge on any atom is 0.408 e. The van der Waals surface area contributed by atoms with Crippen LogP contribution in [0.1, 0.15) is 53.2 Å². The molecule has 8 heteroatoms. The molecule has 1 aromatic rings. The van der Waals surface area contributed by atoms with Gasteiger partial charge in [-0.25, -0.2) is 9.59 Å². The molecule has 0 aliphatic carbocycles. The average molecular weight is 426 g/mol. The van der Waals surface area contributed by atoms with Gasteiger partial charge in [-0.1, -0.05) is 32.9 Å². The molecule has 0 heterocycles. The number of carbonyl (C=O) groups is 2. The monoisotopic (exact) mass is 425 g/mol. The molecule has 2 N–H and O–H groups in total. The van der Waals surface area contributed by atoms with Gasteiger partial charge in [0.2, 0.25) is 0 Å². The highest BCUT2D eigenvalue weighted by Crippen LogP contribution is 2.41. The molecule has 7 nitrogen and oxygen atoms in total. The predicted molar refractivity (Wildman–Crippen MR) is 115 cm³/mol. The zero-order valence-corrected chi connectivity index (χ0v) is 20.0. The van der Waals surface area contributed by atoms with Gasteiger partial charge in [0.1, 0.15) is 17.5 Å². The second kappa shape index (κ2) is 9.17. The van der Waals surface area contributed by atoms with Gasteiger partial charge >= 0.3 is 12.1 Å². The van der Waals surface area contributed by atoms with E-state index in [9.17, 15) is 14.7 Å². The van der Waals surface area contributed by atoms with Crippen LogP contribution in [-0.2, 0) is 14.0 Å². The summed E-state index contributed by atoms with van der Waals surface area (Å²) in [6.45, 7) is 15.4. The van der Waals surface area contributed by atoms with Gasteiger partial charge in [0.15, 0.2) is 14.4 Å². The number of nitrogens with one attached hydrogen (secondary N) is 1. The third-order valence-electron chi connectivity index (χ3n) is 4.89. The minimum atomic E-state index is -2.38. The Morgan fingerprint density at radius 2 is 1.69 bits per heavy atom. The van der Waals surface area contributed by atoms with Crippen LogP contribution < -0.4 is 10.1 Å². The first-order valence-corrected chi connectivity index (χ1v) is 12.5. The van der Waals surface area contributed by atoms with E-state index in [1.165, 1.54) is 7.11 Å². The molecule has 0 bridgehead atoms. The van der Waals surface area contributed by atoms with E-state index < -0.39 is 38.1 Å². The average Bonchev–Trinajstić information content (AvgIpc) is 2.55.